The van der Waals surface area contributed by atoms with Gasteiger partial charge in [-0.1, -0.05) is 29.3 Å². The average Bonchev–Trinajstić information content (AvgIpc) is 2.68. The Morgan fingerprint density at radius 3 is 2.43 bits per heavy atom. The highest BCUT2D eigenvalue weighted by Crippen LogP contribution is 2.39. The quantitative estimate of drug-likeness (QED) is 0.623. The maximum absolute atomic E-state index is 13.6. The number of rotatable bonds is 3. The summed E-state index contributed by atoms with van der Waals surface area (Å²) < 4.78 is 27.2. The van der Waals surface area contributed by atoms with Crippen LogP contribution >= 0.6 is 0 Å². The van der Waals surface area contributed by atoms with Crippen molar-refractivity contribution in [2.24, 2.45) is 0 Å². The van der Waals surface area contributed by atoms with Gasteiger partial charge in [-0.2, -0.15) is 0 Å². The van der Waals surface area contributed by atoms with E-state index in [1.807, 2.05) is 38.1 Å². The topological polar surface area (TPSA) is 50.3 Å². The van der Waals surface area contributed by atoms with Crippen LogP contribution in [-0.2, 0) is 9.84 Å². The molecular weight excluding hydrogens is 368 g/mol. The number of sulfone groups is 1. The summed E-state index contributed by atoms with van der Waals surface area (Å²) in [5.74, 6) is 0. The van der Waals surface area contributed by atoms with Crippen molar-refractivity contribution in [2.45, 2.75) is 55.9 Å². The largest absolute Gasteiger partial charge is 0.367 e. The van der Waals surface area contributed by atoms with Gasteiger partial charge in [-0.3, -0.25) is 4.98 Å². The lowest BCUT2D eigenvalue weighted by Gasteiger charge is -2.37. The highest BCUT2D eigenvalue weighted by Gasteiger charge is 2.30. The first-order valence-corrected chi connectivity index (χ1v) is 11.3. The van der Waals surface area contributed by atoms with E-state index in [9.17, 15) is 8.42 Å². The van der Waals surface area contributed by atoms with Crippen LogP contribution in [0.25, 0.3) is 10.9 Å². The van der Waals surface area contributed by atoms with Crippen LogP contribution in [0.4, 0.5) is 5.69 Å². The Morgan fingerprint density at radius 1 is 1.00 bits per heavy atom. The molecule has 0 amide bonds. The first-order valence-electron chi connectivity index (χ1n) is 9.86. The lowest BCUT2D eigenvalue weighted by molar-refractivity contribution is 0.483. The SMILES string of the molecule is Cc1ccc(S(=O)(=O)c2cnc3ccc(C)cc3c2N2CCCC[C@@H]2C)cc1. The second-order valence-corrected chi connectivity index (χ2v) is 9.76. The molecule has 0 N–H and O–H groups in total. The molecule has 1 atom stereocenters. The van der Waals surface area contributed by atoms with Crippen LogP contribution in [0.2, 0.25) is 0 Å². The molecule has 2 aromatic carbocycles. The zero-order valence-electron chi connectivity index (χ0n) is 16.6. The monoisotopic (exact) mass is 394 g/mol. The molecule has 3 aromatic rings. The molecule has 146 valence electrons. The Hall–Kier alpha value is -2.40. The molecule has 1 saturated heterocycles. The van der Waals surface area contributed by atoms with Crippen molar-refractivity contribution < 1.29 is 8.42 Å². The van der Waals surface area contributed by atoms with Crippen LogP contribution in [0, 0.1) is 13.8 Å². The van der Waals surface area contributed by atoms with Crippen molar-refractivity contribution in [2.75, 3.05) is 11.4 Å². The van der Waals surface area contributed by atoms with E-state index >= 15 is 0 Å². The van der Waals surface area contributed by atoms with Gasteiger partial charge in [0.15, 0.2) is 0 Å². The van der Waals surface area contributed by atoms with Crippen molar-refractivity contribution in [3.63, 3.8) is 0 Å². The third-order valence-electron chi connectivity index (χ3n) is 5.67. The molecule has 1 aliphatic heterocycles. The molecule has 2 heterocycles. The summed E-state index contributed by atoms with van der Waals surface area (Å²) in [5, 5.41) is 0.918. The molecule has 0 unspecified atom stereocenters. The number of pyridine rings is 1. The van der Waals surface area contributed by atoms with E-state index in [0.29, 0.717) is 15.8 Å². The van der Waals surface area contributed by atoms with Crippen LogP contribution in [0.3, 0.4) is 0 Å². The molecule has 1 fully saturated rings. The first-order chi connectivity index (χ1) is 13.4. The second-order valence-electron chi connectivity index (χ2n) is 7.85. The number of hydrogen-bond donors (Lipinski definition) is 0. The maximum atomic E-state index is 13.6. The fourth-order valence-electron chi connectivity index (χ4n) is 4.04. The molecule has 0 radical (unpaired) electrons. The van der Waals surface area contributed by atoms with E-state index in [0.717, 1.165) is 47.1 Å². The summed E-state index contributed by atoms with van der Waals surface area (Å²) in [4.78, 5) is 7.40. The minimum absolute atomic E-state index is 0.298. The number of aromatic nitrogens is 1. The Kier molecular flexibility index (Phi) is 4.88. The fraction of sp³-hybridized carbons (Fsp3) is 0.348. The van der Waals surface area contributed by atoms with Crippen molar-refractivity contribution in [1.29, 1.82) is 0 Å². The summed E-state index contributed by atoms with van der Waals surface area (Å²) in [6.07, 6.45) is 4.87. The van der Waals surface area contributed by atoms with Gasteiger partial charge >= 0.3 is 0 Å². The Bertz CT molecular complexity index is 1120. The average molecular weight is 395 g/mol. The lowest BCUT2D eigenvalue weighted by Crippen LogP contribution is -2.38. The molecule has 0 bridgehead atoms. The van der Waals surface area contributed by atoms with Gasteiger partial charge in [0, 0.05) is 24.2 Å². The minimum atomic E-state index is -3.67. The van der Waals surface area contributed by atoms with E-state index in [-0.39, 0.29) is 0 Å². The molecule has 4 nitrogen and oxygen atoms in total. The molecule has 0 spiro atoms. The van der Waals surface area contributed by atoms with Gasteiger partial charge in [0.1, 0.15) is 4.90 Å². The fourth-order valence-corrected chi connectivity index (χ4v) is 5.46. The van der Waals surface area contributed by atoms with Crippen LogP contribution in [-0.4, -0.2) is 26.0 Å². The number of piperidine rings is 1. The van der Waals surface area contributed by atoms with Gasteiger partial charge in [0.2, 0.25) is 9.84 Å². The van der Waals surface area contributed by atoms with Gasteiger partial charge in [-0.25, -0.2) is 8.42 Å². The number of hydrogen-bond acceptors (Lipinski definition) is 4. The minimum Gasteiger partial charge on any atom is -0.367 e. The zero-order valence-corrected chi connectivity index (χ0v) is 17.5. The smallest absolute Gasteiger partial charge is 0.210 e. The molecule has 4 rings (SSSR count). The standard InChI is InChI=1S/C23H26N2O2S/c1-16-7-10-19(11-8-16)28(26,27)22-15-24-21-12-9-17(2)14-20(21)23(22)25-13-5-4-6-18(25)3/h7-12,14-15,18H,4-6,13H2,1-3H3/t18-/m0/s1. The van der Waals surface area contributed by atoms with Crippen LogP contribution < -0.4 is 4.90 Å². The molecule has 28 heavy (non-hydrogen) atoms. The lowest BCUT2D eigenvalue weighted by atomic mass is 10.0. The zero-order chi connectivity index (χ0) is 19.9. The third kappa shape index (κ3) is 3.28. The van der Waals surface area contributed by atoms with Crippen molar-refractivity contribution >= 4 is 26.4 Å². The molecular formula is C23H26N2O2S. The van der Waals surface area contributed by atoms with E-state index in [4.69, 9.17) is 0 Å². The Balaban J connectivity index is 2.00. The van der Waals surface area contributed by atoms with Crippen molar-refractivity contribution in [1.82, 2.24) is 4.98 Å². The van der Waals surface area contributed by atoms with Crippen LogP contribution in [0.15, 0.2) is 58.5 Å². The van der Waals surface area contributed by atoms with Crippen LogP contribution in [0.5, 0.6) is 0 Å². The number of aryl methyl sites for hydroxylation is 2. The predicted octanol–water partition coefficient (Wildman–Crippen LogP) is 5.06. The number of anilines is 1. The molecule has 0 aliphatic carbocycles. The summed E-state index contributed by atoms with van der Waals surface area (Å²) in [5.41, 5.74) is 3.78. The van der Waals surface area contributed by atoms with Gasteiger partial charge in [-0.15, -0.1) is 0 Å². The highest BCUT2D eigenvalue weighted by atomic mass is 32.2. The summed E-state index contributed by atoms with van der Waals surface area (Å²) in [6.45, 7) is 7.04. The summed E-state index contributed by atoms with van der Waals surface area (Å²) >= 11 is 0. The van der Waals surface area contributed by atoms with E-state index < -0.39 is 9.84 Å². The molecule has 0 saturated carbocycles. The van der Waals surface area contributed by atoms with E-state index in [2.05, 4.69) is 22.9 Å². The van der Waals surface area contributed by atoms with Gasteiger partial charge < -0.3 is 4.90 Å². The van der Waals surface area contributed by atoms with Gasteiger partial charge in [0.05, 0.1) is 16.1 Å². The van der Waals surface area contributed by atoms with Crippen molar-refractivity contribution in [3.05, 3.63) is 59.8 Å². The van der Waals surface area contributed by atoms with Gasteiger partial charge in [0.25, 0.3) is 0 Å². The summed E-state index contributed by atoms with van der Waals surface area (Å²) in [7, 11) is -3.67. The number of nitrogens with zero attached hydrogens (tertiary/aromatic N) is 2. The Morgan fingerprint density at radius 2 is 1.71 bits per heavy atom. The summed E-state index contributed by atoms with van der Waals surface area (Å²) in [6, 6.07) is 13.4. The molecule has 1 aliphatic rings. The number of benzene rings is 2. The normalized spacial score (nSPS) is 17.8. The first kappa shape index (κ1) is 18.9. The molecule has 5 heteroatoms. The Labute approximate surface area is 167 Å². The second kappa shape index (κ2) is 7.21. The maximum Gasteiger partial charge on any atom is 0.210 e. The van der Waals surface area contributed by atoms with E-state index in [1.54, 1.807) is 18.3 Å². The highest BCUT2D eigenvalue weighted by molar-refractivity contribution is 7.91. The third-order valence-corrected chi connectivity index (χ3v) is 7.44. The van der Waals surface area contributed by atoms with E-state index in [1.165, 1.54) is 6.42 Å². The molecule has 1 aromatic heterocycles. The number of fused-ring (bicyclic) bond motifs is 1. The van der Waals surface area contributed by atoms with Crippen LogP contribution in [0.1, 0.15) is 37.3 Å². The van der Waals surface area contributed by atoms with Gasteiger partial charge in [-0.05, 0) is 64.3 Å². The predicted molar refractivity (Wildman–Crippen MR) is 114 cm³/mol. The van der Waals surface area contributed by atoms with Crippen molar-refractivity contribution in [3.8, 4) is 0 Å².